The highest BCUT2D eigenvalue weighted by molar-refractivity contribution is 6.00. The van der Waals surface area contributed by atoms with Crippen molar-refractivity contribution in [1.29, 1.82) is 0 Å². The fourth-order valence-electron chi connectivity index (χ4n) is 2.30. The second kappa shape index (κ2) is 5.40. The van der Waals surface area contributed by atoms with E-state index in [1.54, 1.807) is 19.0 Å². The van der Waals surface area contributed by atoms with Crippen molar-refractivity contribution < 1.29 is 9.59 Å². The molecule has 0 saturated carbocycles. The summed E-state index contributed by atoms with van der Waals surface area (Å²) in [5.74, 6) is 5.43. The van der Waals surface area contributed by atoms with E-state index >= 15 is 0 Å². The Hall–Kier alpha value is -1.88. The number of nitrogens with zero attached hydrogens (tertiary/aromatic N) is 2. The zero-order valence-corrected chi connectivity index (χ0v) is 11.3. The van der Waals surface area contributed by atoms with Crippen LogP contribution in [0.1, 0.15) is 24.0 Å². The monoisotopic (exact) mass is 261 g/mol. The number of anilines is 1. The predicted molar refractivity (Wildman–Crippen MR) is 73.5 cm³/mol. The lowest BCUT2D eigenvalue weighted by Gasteiger charge is -2.11. The molecule has 5 nitrogen and oxygen atoms in total. The van der Waals surface area contributed by atoms with Crippen LogP contribution in [-0.2, 0) is 22.4 Å². The summed E-state index contributed by atoms with van der Waals surface area (Å²) in [6, 6.07) is 6.06. The number of hydrogen-bond acceptors (Lipinski definition) is 3. The van der Waals surface area contributed by atoms with E-state index in [1.807, 2.05) is 12.1 Å². The summed E-state index contributed by atoms with van der Waals surface area (Å²) in [7, 11) is 3.35. The number of benzene rings is 1. The van der Waals surface area contributed by atoms with E-state index in [0.717, 1.165) is 34.7 Å². The number of likely N-dealkylation sites (N-methyl/N-ethyl adjacent to an activating group) is 1. The molecule has 2 N–H and O–H groups in total. The third-order valence-corrected chi connectivity index (χ3v) is 3.47. The van der Waals surface area contributed by atoms with Crippen molar-refractivity contribution in [2.24, 2.45) is 5.84 Å². The highest BCUT2D eigenvalue weighted by Crippen LogP contribution is 2.28. The average Bonchev–Trinajstić information content (AvgIpc) is 2.64. The number of hydrogen-bond donors (Lipinski definition) is 1. The highest BCUT2D eigenvalue weighted by Gasteiger charge is 2.23. The number of rotatable bonds is 4. The SMILES string of the molecule is CN(N)C(=O)CCCc1ccc2c(c1)CC(=O)N2C. The fraction of sp³-hybridized carbons (Fsp3) is 0.429. The molecule has 0 spiro atoms. The number of aryl methyl sites for hydroxylation is 1. The van der Waals surface area contributed by atoms with Crippen LogP contribution in [0.4, 0.5) is 5.69 Å². The first-order valence-corrected chi connectivity index (χ1v) is 6.38. The molecule has 102 valence electrons. The first kappa shape index (κ1) is 13.5. The van der Waals surface area contributed by atoms with Gasteiger partial charge in [0.2, 0.25) is 11.8 Å². The summed E-state index contributed by atoms with van der Waals surface area (Å²) in [5, 5.41) is 1.12. The number of fused-ring (bicyclic) bond motifs is 1. The minimum atomic E-state index is -0.0592. The van der Waals surface area contributed by atoms with Crippen molar-refractivity contribution in [2.75, 3.05) is 19.0 Å². The normalized spacial score (nSPS) is 13.6. The molecule has 2 rings (SSSR count). The second-order valence-corrected chi connectivity index (χ2v) is 4.95. The molecule has 1 aromatic rings. The lowest BCUT2D eigenvalue weighted by molar-refractivity contribution is -0.130. The van der Waals surface area contributed by atoms with Gasteiger partial charge in [-0.15, -0.1) is 0 Å². The molecule has 0 fully saturated rings. The molecule has 1 aromatic carbocycles. The average molecular weight is 261 g/mol. The van der Waals surface area contributed by atoms with Crippen LogP contribution < -0.4 is 10.7 Å². The van der Waals surface area contributed by atoms with Crippen molar-refractivity contribution in [3.8, 4) is 0 Å². The van der Waals surface area contributed by atoms with Crippen LogP contribution in [0.2, 0.25) is 0 Å². The predicted octanol–water partition coefficient (Wildman–Crippen LogP) is 0.860. The van der Waals surface area contributed by atoms with Crippen molar-refractivity contribution >= 4 is 17.5 Å². The van der Waals surface area contributed by atoms with Gasteiger partial charge < -0.3 is 4.90 Å². The number of amides is 2. The lowest BCUT2D eigenvalue weighted by atomic mass is 10.0. The van der Waals surface area contributed by atoms with Gasteiger partial charge in [-0.25, -0.2) is 5.84 Å². The molecule has 1 aliphatic rings. The largest absolute Gasteiger partial charge is 0.315 e. The summed E-state index contributed by atoms with van der Waals surface area (Å²) >= 11 is 0. The molecular formula is C14H19N3O2. The Kier molecular flexibility index (Phi) is 3.85. The van der Waals surface area contributed by atoms with Gasteiger partial charge >= 0.3 is 0 Å². The Morgan fingerprint density at radius 2 is 2.21 bits per heavy atom. The van der Waals surface area contributed by atoms with Crippen LogP contribution in [0.15, 0.2) is 18.2 Å². The first-order valence-electron chi connectivity index (χ1n) is 6.38. The van der Waals surface area contributed by atoms with Crippen LogP contribution in [0.3, 0.4) is 0 Å². The Morgan fingerprint density at radius 3 is 2.89 bits per heavy atom. The molecule has 2 amide bonds. The number of carbonyl (C=O) groups excluding carboxylic acids is 2. The van der Waals surface area contributed by atoms with Crippen LogP contribution in [0.5, 0.6) is 0 Å². The summed E-state index contributed by atoms with van der Waals surface area (Å²) in [6.45, 7) is 0. The van der Waals surface area contributed by atoms with Gasteiger partial charge in [-0.05, 0) is 30.0 Å². The molecule has 0 atom stereocenters. The smallest absolute Gasteiger partial charge is 0.236 e. The van der Waals surface area contributed by atoms with Gasteiger partial charge in [0.1, 0.15) is 0 Å². The van der Waals surface area contributed by atoms with Gasteiger partial charge in [-0.2, -0.15) is 0 Å². The Labute approximate surface area is 112 Å². The van der Waals surface area contributed by atoms with Crippen molar-refractivity contribution in [3.05, 3.63) is 29.3 Å². The van der Waals surface area contributed by atoms with Crippen LogP contribution in [0.25, 0.3) is 0 Å². The topological polar surface area (TPSA) is 66.6 Å². The van der Waals surface area contributed by atoms with Gasteiger partial charge in [0.25, 0.3) is 0 Å². The summed E-state index contributed by atoms with van der Waals surface area (Å²) in [6.07, 6.45) is 2.51. The number of hydrazine groups is 1. The maximum atomic E-state index is 11.6. The first-order chi connectivity index (χ1) is 8.99. The number of carbonyl (C=O) groups is 2. The molecule has 0 aliphatic carbocycles. The third-order valence-electron chi connectivity index (χ3n) is 3.47. The van der Waals surface area contributed by atoms with Crippen molar-refractivity contribution in [1.82, 2.24) is 5.01 Å². The molecule has 0 saturated heterocycles. The standard InChI is InChI=1S/C14H19N3O2/c1-16-12-7-6-10(8-11(12)9-14(16)19)4-3-5-13(18)17(2)15/h6-8H,3-5,9,15H2,1-2H3. The van der Waals surface area contributed by atoms with E-state index in [2.05, 4.69) is 6.07 Å². The van der Waals surface area contributed by atoms with Gasteiger partial charge in [0.05, 0.1) is 6.42 Å². The van der Waals surface area contributed by atoms with Crippen LogP contribution in [0, 0.1) is 0 Å². The van der Waals surface area contributed by atoms with Gasteiger partial charge in [0, 0.05) is 26.2 Å². The molecule has 0 unspecified atom stereocenters. The summed E-state index contributed by atoms with van der Waals surface area (Å²) in [4.78, 5) is 24.6. The van der Waals surface area contributed by atoms with E-state index in [-0.39, 0.29) is 11.8 Å². The lowest BCUT2D eigenvalue weighted by Crippen LogP contribution is -2.32. The molecule has 0 bridgehead atoms. The van der Waals surface area contributed by atoms with Crippen LogP contribution >= 0.6 is 0 Å². The Balaban J connectivity index is 1.95. The minimum absolute atomic E-state index is 0.0592. The minimum Gasteiger partial charge on any atom is -0.315 e. The van der Waals surface area contributed by atoms with Gasteiger partial charge in [-0.3, -0.25) is 14.6 Å². The van der Waals surface area contributed by atoms with Crippen molar-refractivity contribution in [3.63, 3.8) is 0 Å². The second-order valence-electron chi connectivity index (χ2n) is 4.95. The quantitative estimate of drug-likeness (QED) is 0.496. The molecule has 5 heteroatoms. The number of nitrogens with two attached hydrogens (primary N) is 1. The fourth-order valence-corrected chi connectivity index (χ4v) is 2.30. The molecule has 1 aliphatic heterocycles. The molecule has 0 radical (unpaired) electrons. The van der Waals surface area contributed by atoms with E-state index in [4.69, 9.17) is 5.84 Å². The summed E-state index contributed by atoms with van der Waals surface area (Å²) < 4.78 is 0. The third kappa shape index (κ3) is 2.93. The Morgan fingerprint density at radius 1 is 1.47 bits per heavy atom. The molecule has 1 heterocycles. The maximum absolute atomic E-state index is 11.6. The summed E-state index contributed by atoms with van der Waals surface area (Å²) in [5.41, 5.74) is 3.23. The van der Waals surface area contributed by atoms with E-state index in [1.165, 1.54) is 0 Å². The highest BCUT2D eigenvalue weighted by atomic mass is 16.2. The Bertz CT molecular complexity index is 511. The van der Waals surface area contributed by atoms with E-state index in [0.29, 0.717) is 12.8 Å². The molecule has 19 heavy (non-hydrogen) atoms. The van der Waals surface area contributed by atoms with Crippen LogP contribution in [-0.4, -0.2) is 30.9 Å². The maximum Gasteiger partial charge on any atom is 0.236 e. The molecular weight excluding hydrogens is 242 g/mol. The van der Waals surface area contributed by atoms with Crippen molar-refractivity contribution in [2.45, 2.75) is 25.7 Å². The van der Waals surface area contributed by atoms with Gasteiger partial charge in [0.15, 0.2) is 0 Å². The zero-order chi connectivity index (χ0) is 14.0. The van der Waals surface area contributed by atoms with Gasteiger partial charge in [-0.1, -0.05) is 12.1 Å². The molecule has 0 aromatic heterocycles. The van der Waals surface area contributed by atoms with E-state index < -0.39 is 0 Å². The van der Waals surface area contributed by atoms with E-state index in [9.17, 15) is 9.59 Å². The zero-order valence-electron chi connectivity index (χ0n) is 11.3.